The Balaban J connectivity index is 1.89. The van der Waals surface area contributed by atoms with Crippen LogP contribution in [0.3, 0.4) is 0 Å². The minimum atomic E-state index is -0.695. The normalized spacial score (nSPS) is 11.3. The lowest BCUT2D eigenvalue weighted by Gasteiger charge is -2.10. The summed E-state index contributed by atoms with van der Waals surface area (Å²) in [5.41, 5.74) is 1.66. The molecular weight excluding hydrogens is 250 g/mol. The molecule has 4 nitrogen and oxygen atoms in total. The van der Waals surface area contributed by atoms with Crippen molar-refractivity contribution in [2.24, 2.45) is 0 Å². The second kappa shape index (κ2) is 7.05. The fourth-order valence-electron chi connectivity index (χ4n) is 1.85. The van der Waals surface area contributed by atoms with Crippen molar-refractivity contribution in [1.82, 2.24) is 10.3 Å². The Kier molecular flexibility index (Phi) is 4.85. The van der Waals surface area contributed by atoms with Crippen molar-refractivity contribution in [2.75, 3.05) is 0 Å². The molecule has 0 aliphatic rings. The van der Waals surface area contributed by atoms with E-state index in [0.29, 0.717) is 18.5 Å². The largest absolute Gasteiger partial charge is 0.335 e. The molecule has 1 heterocycles. The van der Waals surface area contributed by atoms with Gasteiger partial charge in [-0.3, -0.25) is 9.78 Å². The van der Waals surface area contributed by atoms with Gasteiger partial charge in [0.1, 0.15) is 0 Å². The Morgan fingerprint density at radius 1 is 1.20 bits per heavy atom. The molecule has 0 fully saturated rings. The lowest BCUT2D eigenvalue weighted by molar-refractivity contribution is -0.121. The maximum atomic E-state index is 11.9. The number of hydrogen-bond donors (Lipinski definition) is 1. The van der Waals surface area contributed by atoms with E-state index in [2.05, 4.69) is 16.4 Å². The summed E-state index contributed by atoms with van der Waals surface area (Å²) >= 11 is 0. The second-order valence-corrected chi connectivity index (χ2v) is 4.37. The lowest BCUT2D eigenvalue weighted by atomic mass is 10.1. The molecule has 1 unspecified atom stereocenters. The molecule has 0 aliphatic carbocycles. The predicted molar refractivity (Wildman–Crippen MR) is 75.5 cm³/mol. The molecule has 0 saturated carbocycles. The highest BCUT2D eigenvalue weighted by Crippen LogP contribution is 2.09. The van der Waals surface area contributed by atoms with Crippen LogP contribution in [-0.4, -0.2) is 10.9 Å². The van der Waals surface area contributed by atoms with Gasteiger partial charge in [-0.1, -0.05) is 36.4 Å². The second-order valence-electron chi connectivity index (χ2n) is 4.37. The number of pyridine rings is 1. The van der Waals surface area contributed by atoms with Crippen LogP contribution in [0.2, 0.25) is 0 Å². The van der Waals surface area contributed by atoms with E-state index in [9.17, 15) is 4.79 Å². The molecular formula is C16H15N3O. The standard InChI is InChI=1S/C16H15N3O/c17-12-15(14-8-4-5-11-18-14)19-16(20)10-9-13-6-2-1-3-7-13/h1-8,11,15H,9-10H2,(H,19,20). The van der Waals surface area contributed by atoms with Crippen molar-refractivity contribution in [3.05, 3.63) is 66.0 Å². The van der Waals surface area contributed by atoms with Crippen LogP contribution in [0.15, 0.2) is 54.7 Å². The van der Waals surface area contributed by atoms with Crippen molar-refractivity contribution in [3.63, 3.8) is 0 Å². The van der Waals surface area contributed by atoms with E-state index >= 15 is 0 Å². The van der Waals surface area contributed by atoms with E-state index < -0.39 is 6.04 Å². The maximum absolute atomic E-state index is 11.9. The van der Waals surface area contributed by atoms with Gasteiger partial charge in [-0.15, -0.1) is 0 Å². The third-order valence-corrected chi connectivity index (χ3v) is 2.90. The van der Waals surface area contributed by atoms with Gasteiger partial charge in [0.25, 0.3) is 0 Å². The van der Waals surface area contributed by atoms with Gasteiger partial charge in [0.2, 0.25) is 5.91 Å². The van der Waals surface area contributed by atoms with Crippen LogP contribution in [0, 0.1) is 11.3 Å². The molecule has 1 amide bonds. The molecule has 0 radical (unpaired) electrons. The average molecular weight is 265 g/mol. The number of aromatic nitrogens is 1. The number of nitriles is 1. The number of benzene rings is 1. The number of amides is 1. The number of rotatable bonds is 5. The summed E-state index contributed by atoms with van der Waals surface area (Å²) in [4.78, 5) is 16.0. The summed E-state index contributed by atoms with van der Waals surface area (Å²) < 4.78 is 0. The Hall–Kier alpha value is -2.67. The number of hydrogen-bond acceptors (Lipinski definition) is 3. The van der Waals surface area contributed by atoms with Crippen molar-refractivity contribution < 1.29 is 4.79 Å². The van der Waals surface area contributed by atoms with Gasteiger partial charge in [0.05, 0.1) is 11.8 Å². The van der Waals surface area contributed by atoms with E-state index in [1.165, 1.54) is 0 Å². The summed E-state index contributed by atoms with van der Waals surface area (Å²) in [6.45, 7) is 0. The lowest BCUT2D eigenvalue weighted by Crippen LogP contribution is -2.28. The first-order valence-electron chi connectivity index (χ1n) is 6.43. The maximum Gasteiger partial charge on any atom is 0.221 e. The van der Waals surface area contributed by atoms with Crippen molar-refractivity contribution >= 4 is 5.91 Å². The highest BCUT2D eigenvalue weighted by Gasteiger charge is 2.14. The zero-order valence-electron chi connectivity index (χ0n) is 11.0. The fourth-order valence-corrected chi connectivity index (χ4v) is 1.85. The summed E-state index contributed by atoms with van der Waals surface area (Å²) in [5, 5.41) is 11.8. The first-order valence-corrected chi connectivity index (χ1v) is 6.43. The summed E-state index contributed by atoms with van der Waals surface area (Å²) in [5.74, 6) is -0.147. The molecule has 1 aromatic heterocycles. The molecule has 20 heavy (non-hydrogen) atoms. The van der Waals surface area contributed by atoms with Gasteiger partial charge < -0.3 is 5.32 Å². The van der Waals surface area contributed by atoms with Crippen molar-refractivity contribution in [2.45, 2.75) is 18.9 Å². The smallest absolute Gasteiger partial charge is 0.221 e. The fraction of sp³-hybridized carbons (Fsp3) is 0.188. The summed E-state index contributed by atoms with van der Waals surface area (Å²) in [6, 6.07) is 16.4. The molecule has 2 rings (SSSR count). The average Bonchev–Trinajstić information content (AvgIpc) is 2.52. The van der Waals surface area contributed by atoms with Crippen LogP contribution < -0.4 is 5.32 Å². The molecule has 0 spiro atoms. The van der Waals surface area contributed by atoms with Gasteiger partial charge in [-0.25, -0.2) is 0 Å². The highest BCUT2D eigenvalue weighted by atomic mass is 16.1. The summed E-state index contributed by atoms with van der Waals surface area (Å²) in [6.07, 6.45) is 2.62. The molecule has 100 valence electrons. The zero-order valence-corrected chi connectivity index (χ0v) is 11.0. The SMILES string of the molecule is N#CC(NC(=O)CCc1ccccc1)c1ccccn1. The Morgan fingerprint density at radius 2 is 1.95 bits per heavy atom. The van der Waals surface area contributed by atoms with Crippen LogP contribution in [0.1, 0.15) is 23.7 Å². The molecule has 2 aromatic rings. The van der Waals surface area contributed by atoms with Gasteiger partial charge in [-0.05, 0) is 24.1 Å². The number of nitrogens with zero attached hydrogens (tertiary/aromatic N) is 2. The number of aryl methyl sites for hydroxylation is 1. The van der Waals surface area contributed by atoms with Gasteiger partial charge in [0.15, 0.2) is 6.04 Å². The topological polar surface area (TPSA) is 65.8 Å². The minimum absolute atomic E-state index is 0.147. The predicted octanol–water partition coefficient (Wildman–Crippen LogP) is 2.40. The molecule has 0 aliphatic heterocycles. The van der Waals surface area contributed by atoms with Crippen molar-refractivity contribution in [1.29, 1.82) is 5.26 Å². The van der Waals surface area contributed by atoms with Gasteiger partial charge in [-0.2, -0.15) is 5.26 Å². The third-order valence-electron chi connectivity index (χ3n) is 2.90. The summed E-state index contributed by atoms with van der Waals surface area (Å²) in [7, 11) is 0. The Morgan fingerprint density at radius 3 is 2.60 bits per heavy atom. The first-order chi connectivity index (χ1) is 9.79. The minimum Gasteiger partial charge on any atom is -0.335 e. The molecule has 1 atom stereocenters. The first kappa shape index (κ1) is 13.8. The monoisotopic (exact) mass is 265 g/mol. The van der Waals surface area contributed by atoms with E-state index in [1.807, 2.05) is 30.3 Å². The molecule has 1 N–H and O–H groups in total. The Bertz CT molecular complexity index is 590. The van der Waals surface area contributed by atoms with Crippen LogP contribution in [0.25, 0.3) is 0 Å². The van der Waals surface area contributed by atoms with E-state index in [1.54, 1.807) is 24.4 Å². The number of nitrogens with one attached hydrogen (secondary N) is 1. The third kappa shape index (κ3) is 3.92. The molecule has 4 heteroatoms. The highest BCUT2D eigenvalue weighted by molar-refractivity contribution is 5.77. The van der Waals surface area contributed by atoms with Crippen molar-refractivity contribution in [3.8, 4) is 6.07 Å². The number of carbonyl (C=O) groups is 1. The molecule has 0 saturated heterocycles. The Labute approximate surface area is 118 Å². The van der Waals surface area contributed by atoms with Crippen LogP contribution in [0.4, 0.5) is 0 Å². The van der Waals surface area contributed by atoms with Crippen LogP contribution in [-0.2, 0) is 11.2 Å². The number of carbonyl (C=O) groups excluding carboxylic acids is 1. The van der Waals surface area contributed by atoms with Gasteiger partial charge >= 0.3 is 0 Å². The van der Waals surface area contributed by atoms with Gasteiger partial charge in [0, 0.05) is 12.6 Å². The van der Waals surface area contributed by atoms with Crippen LogP contribution >= 0.6 is 0 Å². The molecule has 0 bridgehead atoms. The van der Waals surface area contributed by atoms with E-state index in [4.69, 9.17) is 5.26 Å². The zero-order chi connectivity index (χ0) is 14.2. The quantitative estimate of drug-likeness (QED) is 0.902. The van der Waals surface area contributed by atoms with Crippen LogP contribution in [0.5, 0.6) is 0 Å². The van der Waals surface area contributed by atoms with E-state index in [0.717, 1.165) is 5.56 Å². The molecule has 1 aromatic carbocycles. The van der Waals surface area contributed by atoms with E-state index in [-0.39, 0.29) is 5.91 Å².